The van der Waals surface area contributed by atoms with Gasteiger partial charge in [0.1, 0.15) is 0 Å². The normalized spacial score (nSPS) is 21.4. The number of nitrogens with one attached hydrogen (secondary N) is 2. The Morgan fingerprint density at radius 3 is 2.31 bits per heavy atom. The second-order valence-corrected chi connectivity index (χ2v) is 8.48. The van der Waals surface area contributed by atoms with Gasteiger partial charge >= 0.3 is 0 Å². The molecule has 5 nitrogen and oxygen atoms in total. The molecule has 1 aliphatic carbocycles. The summed E-state index contributed by atoms with van der Waals surface area (Å²) in [6, 6.07) is 11.6. The van der Waals surface area contributed by atoms with E-state index in [1.54, 1.807) is 0 Å². The minimum atomic E-state index is 0. The fourth-order valence-corrected chi connectivity index (χ4v) is 4.78. The number of aliphatic imine (C=N–C) groups is 1. The number of likely N-dealkylation sites (N-methyl/N-ethyl adjacent to an activating group) is 1. The highest BCUT2D eigenvalue weighted by molar-refractivity contribution is 14.0. The van der Waals surface area contributed by atoms with E-state index in [9.17, 15) is 0 Å². The predicted molar refractivity (Wildman–Crippen MR) is 135 cm³/mol. The Hall–Kier alpha value is -0.860. The molecule has 1 aromatic carbocycles. The monoisotopic (exact) mass is 513 g/mol. The van der Waals surface area contributed by atoms with E-state index in [-0.39, 0.29) is 29.4 Å². The standard InChI is InChI=1S/C23H39N5.HI/c1-4-27-14-16-28(17-15-27)20(2)18-25-22(24-3)26-19-23(12-8-9-13-23)21-10-6-5-7-11-21;/h5-7,10-11,20H,4,8-9,12-19H2,1-3H3,(H2,24,25,26);1H. The van der Waals surface area contributed by atoms with Gasteiger partial charge in [-0.3, -0.25) is 9.89 Å². The average Bonchev–Trinajstić information content (AvgIpc) is 3.24. The lowest BCUT2D eigenvalue weighted by Crippen LogP contribution is -2.53. The van der Waals surface area contributed by atoms with Gasteiger partial charge in [-0.2, -0.15) is 0 Å². The Balaban J connectivity index is 0.00000300. The van der Waals surface area contributed by atoms with Crippen molar-refractivity contribution < 1.29 is 0 Å². The lowest BCUT2D eigenvalue weighted by Gasteiger charge is -2.38. The molecule has 0 spiro atoms. The van der Waals surface area contributed by atoms with Gasteiger partial charge in [-0.15, -0.1) is 24.0 Å². The molecule has 0 aromatic heterocycles. The molecule has 2 N–H and O–H groups in total. The van der Waals surface area contributed by atoms with Crippen LogP contribution in [0.1, 0.15) is 45.1 Å². The molecule has 1 heterocycles. The Bertz CT molecular complexity index is 607. The van der Waals surface area contributed by atoms with E-state index in [1.807, 2.05) is 7.05 Å². The van der Waals surface area contributed by atoms with Gasteiger partial charge in [0.05, 0.1) is 0 Å². The first-order valence-corrected chi connectivity index (χ1v) is 11.1. The molecule has 1 saturated carbocycles. The second-order valence-electron chi connectivity index (χ2n) is 8.48. The molecule has 0 amide bonds. The van der Waals surface area contributed by atoms with E-state index >= 15 is 0 Å². The Morgan fingerprint density at radius 2 is 1.72 bits per heavy atom. The lowest BCUT2D eigenvalue weighted by molar-refractivity contribution is 0.107. The SMILES string of the molecule is CCN1CCN(C(C)CNC(=NC)NCC2(c3ccccc3)CCCC2)CC1.I. The third kappa shape index (κ3) is 6.56. The van der Waals surface area contributed by atoms with E-state index in [1.165, 1.54) is 64.0 Å². The predicted octanol–water partition coefficient (Wildman–Crippen LogP) is 3.31. The van der Waals surface area contributed by atoms with Crippen LogP contribution in [0, 0.1) is 0 Å². The van der Waals surface area contributed by atoms with Gasteiger partial charge in [0.25, 0.3) is 0 Å². The number of halogens is 1. The van der Waals surface area contributed by atoms with Crippen LogP contribution in [0.15, 0.2) is 35.3 Å². The van der Waals surface area contributed by atoms with Crippen molar-refractivity contribution >= 4 is 29.9 Å². The topological polar surface area (TPSA) is 42.9 Å². The van der Waals surface area contributed by atoms with Crippen LogP contribution >= 0.6 is 24.0 Å². The van der Waals surface area contributed by atoms with Crippen LogP contribution in [0.3, 0.4) is 0 Å². The molecule has 6 heteroatoms. The van der Waals surface area contributed by atoms with Crippen LogP contribution in [0.4, 0.5) is 0 Å². The third-order valence-corrected chi connectivity index (χ3v) is 6.81. The maximum atomic E-state index is 4.48. The van der Waals surface area contributed by atoms with E-state index in [0.717, 1.165) is 19.0 Å². The minimum absolute atomic E-state index is 0. The number of nitrogens with zero attached hydrogens (tertiary/aromatic N) is 3. The molecule has 164 valence electrons. The van der Waals surface area contributed by atoms with Crippen molar-refractivity contribution in [2.75, 3.05) is 52.9 Å². The fraction of sp³-hybridized carbons (Fsp3) is 0.696. The summed E-state index contributed by atoms with van der Waals surface area (Å²) in [4.78, 5) is 9.61. The summed E-state index contributed by atoms with van der Waals surface area (Å²) >= 11 is 0. The van der Waals surface area contributed by atoms with Crippen molar-refractivity contribution in [3.8, 4) is 0 Å². The smallest absolute Gasteiger partial charge is 0.191 e. The van der Waals surface area contributed by atoms with Gasteiger partial charge in [0, 0.05) is 57.8 Å². The zero-order chi connectivity index (χ0) is 19.8. The average molecular weight is 514 g/mol. The quantitative estimate of drug-likeness (QED) is 0.334. The lowest BCUT2D eigenvalue weighted by atomic mass is 9.79. The van der Waals surface area contributed by atoms with Gasteiger partial charge in [-0.25, -0.2) is 0 Å². The minimum Gasteiger partial charge on any atom is -0.356 e. The zero-order valence-electron chi connectivity index (χ0n) is 18.5. The summed E-state index contributed by atoms with van der Waals surface area (Å²) in [7, 11) is 1.88. The number of piperazine rings is 1. The van der Waals surface area contributed by atoms with Crippen LogP contribution in [0.5, 0.6) is 0 Å². The first-order chi connectivity index (χ1) is 13.7. The molecule has 1 unspecified atom stereocenters. The van der Waals surface area contributed by atoms with E-state index < -0.39 is 0 Å². The highest BCUT2D eigenvalue weighted by Gasteiger charge is 2.35. The van der Waals surface area contributed by atoms with E-state index in [2.05, 4.69) is 69.6 Å². The van der Waals surface area contributed by atoms with Crippen molar-refractivity contribution in [1.29, 1.82) is 0 Å². The molecule has 0 radical (unpaired) electrons. The van der Waals surface area contributed by atoms with Crippen LogP contribution in [0.25, 0.3) is 0 Å². The molecular formula is C23H40IN5. The first-order valence-electron chi connectivity index (χ1n) is 11.1. The Labute approximate surface area is 194 Å². The highest BCUT2D eigenvalue weighted by atomic mass is 127. The molecule has 29 heavy (non-hydrogen) atoms. The number of guanidine groups is 1. The second kappa shape index (κ2) is 12.1. The molecule has 1 saturated heterocycles. The van der Waals surface area contributed by atoms with Crippen LogP contribution in [-0.4, -0.2) is 74.7 Å². The maximum absolute atomic E-state index is 4.48. The van der Waals surface area contributed by atoms with Gasteiger partial charge in [0.15, 0.2) is 5.96 Å². The number of hydrogen-bond donors (Lipinski definition) is 2. The summed E-state index contributed by atoms with van der Waals surface area (Å²) in [5.41, 5.74) is 1.72. The van der Waals surface area contributed by atoms with E-state index in [0.29, 0.717) is 6.04 Å². The maximum Gasteiger partial charge on any atom is 0.191 e. The number of rotatable bonds is 7. The molecule has 1 atom stereocenters. The van der Waals surface area contributed by atoms with Gasteiger partial charge < -0.3 is 15.5 Å². The largest absolute Gasteiger partial charge is 0.356 e. The Morgan fingerprint density at radius 1 is 1.07 bits per heavy atom. The van der Waals surface area contributed by atoms with Crippen molar-refractivity contribution in [2.24, 2.45) is 4.99 Å². The highest BCUT2D eigenvalue weighted by Crippen LogP contribution is 2.40. The molecule has 3 rings (SSSR count). The zero-order valence-corrected chi connectivity index (χ0v) is 20.8. The molecule has 1 aliphatic heterocycles. The van der Waals surface area contributed by atoms with Crippen LogP contribution in [0.2, 0.25) is 0 Å². The van der Waals surface area contributed by atoms with Crippen molar-refractivity contribution in [2.45, 2.75) is 51.0 Å². The summed E-state index contributed by atoms with van der Waals surface area (Å²) in [5.74, 6) is 0.932. The summed E-state index contributed by atoms with van der Waals surface area (Å²) in [6.45, 7) is 12.3. The molecule has 0 bridgehead atoms. The van der Waals surface area contributed by atoms with Gasteiger partial charge in [-0.1, -0.05) is 50.1 Å². The molecule has 2 fully saturated rings. The van der Waals surface area contributed by atoms with E-state index in [4.69, 9.17) is 0 Å². The summed E-state index contributed by atoms with van der Waals surface area (Å²) in [6.07, 6.45) is 5.17. The van der Waals surface area contributed by atoms with Crippen LogP contribution < -0.4 is 10.6 Å². The summed E-state index contributed by atoms with van der Waals surface area (Å²) < 4.78 is 0. The number of benzene rings is 1. The van der Waals surface area contributed by atoms with Crippen molar-refractivity contribution in [3.63, 3.8) is 0 Å². The van der Waals surface area contributed by atoms with Gasteiger partial charge in [-0.05, 0) is 31.9 Å². The fourth-order valence-electron chi connectivity index (χ4n) is 4.78. The Kier molecular flexibility index (Phi) is 10.2. The van der Waals surface area contributed by atoms with Crippen LogP contribution in [-0.2, 0) is 5.41 Å². The van der Waals surface area contributed by atoms with Crippen molar-refractivity contribution in [3.05, 3.63) is 35.9 Å². The number of hydrogen-bond acceptors (Lipinski definition) is 3. The van der Waals surface area contributed by atoms with Gasteiger partial charge in [0.2, 0.25) is 0 Å². The molecular weight excluding hydrogens is 473 g/mol. The summed E-state index contributed by atoms with van der Waals surface area (Å²) in [5, 5.41) is 7.21. The molecule has 2 aliphatic rings. The molecule has 1 aromatic rings. The third-order valence-electron chi connectivity index (χ3n) is 6.81. The first kappa shape index (κ1) is 24.4. The van der Waals surface area contributed by atoms with Crippen molar-refractivity contribution in [1.82, 2.24) is 20.4 Å².